The second-order valence-electron chi connectivity index (χ2n) is 7.37. The molecule has 4 aromatic rings. The van der Waals surface area contributed by atoms with E-state index in [1.165, 1.54) is 24.4 Å². The van der Waals surface area contributed by atoms with Gasteiger partial charge in [0.25, 0.3) is 0 Å². The largest absolute Gasteiger partial charge is 0.341 e. The SMILES string of the molecule is CCc1ccc(-n2c(S[C@H](C(=O)NC(=O)NC)c3ccccc3)nnc2-c2ccncc2)cc1. The van der Waals surface area contributed by atoms with Crippen LogP contribution in [0.5, 0.6) is 0 Å². The predicted molar refractivity (Wildman–Crippen MR) is 132 cm³/mol. The standard InChI is InChI=1S/C25H24N6O2S/c1-3-17-9-11-20(12-10-17)31-22(19-13-15-27-16-14-19)29-30-25(31)34-21(18-7-5-4-6-8-18)23(32)28-24(33)26-2/h4-16,21H,3H2,1-2H3,(H2,26,28,32,33)/t21-/m0/s1. The number of nitrogens with one attached hydrogen (secondary N) is 2. The third kappa shape index (κ3) is 5.15. The van der Waals surface area contributed by atoms with Crippen molar-refractivity contribution in [3.8, 4) is 17.1 Å². The lowest BCUT2D eigenvalue weighted by Gasteiger charge is -2.17. The molecule has 1 atom stereocenters. The van der Waals surface area contributed by atoms with Crippen molar-refractivity contribution in [2.75, 3.05) is 7.05 Å². The first kappa shape index (κ1) is 23.2. The van der Waals surface area contributed by atoms with E-state index in [1.807, 2.05) is 59.2 Å². The zero-order chi connectivity index (χ0) is 23.9. The molecule has 9 heteroatoms. The molecular formula is C25H24N6O2S. The number of carbonyl (C=O) groups excluding carboxylic acids is 2. The van der Waals surface area contributed by atoms with Crippen molar-refractivity contribution in [3.63, 3.8) is 0 Å². The van der Waals surface area contributed by atoms with E-state index in [1.54, 1.807) is 12.4 Å². The third-order valence-corrected chi connectivity index (χ3v) is 6.40. The number of aromatic nitrogens is 4. The molecule has 0 radical (unpaired) electrons. The van der Waals surface area contributed by atoms with E-state index in [-0.39, 0.29) is 0 Å². The van der Waals surface area contributed by atoms with E-state index in [0.717, 1.165) is 23.2 Å². The van der Waals surface area contributed by atoms with E-state index in [0.29, 0.717) is 11.0 Å². The van der Waals surface area contributed by atoms with E-state index < -0.39 is 17.2 Å². The number of urea groups is 1. The summed E-state index contributed by atoms with van der Waals surface area (Å²) in [6, 6.07) is 20.6. The van der Waals surface area contributed by atoms with Crippen LogP contribution in [-0.4, -0.2) is 38.7 Å². The zero-order valence-electron chi connectivity index (χ0n) is 18.8. The molecule has 3 amide bonds. The molecule has 0 aliphatic rings. The van der Waals surface area contributed by atoms with Gasteiger partial charge in [0.05, 0.1) is 0 Å². The Hall–Kier alpha value is -3.98. The fourth-order valence-corrected chi connectivity index (χ4v) is 4.45. The van der Waals surface area contributed by atoms with Crippen molar-refractivity contribution in [3.05, 3.63) is 90.3 Å². The molecule has 2 heterocycles. The van der Waals surface area contributed by atoms with Crippen LogP contribution in [-0.2, 0) is 11.2 Å². The molecule has 0 aliphatic carbocycles. The van der Waals surface area contributed by atoms with Crippen LogP contribution < -0.4 is 10.6 Å². The van der Waals surface area contributed by atoms with Gasteiger partial charge in [-0.2, -0.15) is 0 Å². The fourth-order valence-electron chi connectivity index (χ4n) is 3.39. The molecule has 0 spiro atoms. The second kappa shape index (κ2) is 10.8. The molecule has 0 bridgehead atoms. The van der Waals surface area contributed by atoms with Gasteiger partial charge in [-0.15, -0.1) is 10.2 Å². The van der Waals surface area contributed by atoms with Crippen LogP contribution in [0.1, 0.15) is 23.3 Å². The number of hydrogen-bond donors (Lipinski definition) is 2. The van der Waals surface area contributed by atoms with Crippen LogP contribution in [0.15, 0.2) is 84.3 Å². The minimum Gasteiger partial charge on any atom is -0.341 e. The Labute approximate surface area is 201 Å². The first-order valence-corrected chi connectivity index (χ1v) is 11.7. The average Bonchev–Trinajstić information content (AvgIpc) is 3.31. The molecule has 34 heavy (non-hydrogen) atoms. The molecule has 2 N–H and O–H groups in total. The molecule has 4 rings (SSSR count). The third-order valence-electron chi connectivity index (χ3n) is 5.20. The number of benzene rings is 2. The molecule has 0 fully saturated rings. The molecule has 2 aromatic carbocycles. The highest BCUT2D eigenvalue weighted by molar-refractivity contribution is 8.00. The van der Waals surface area contributed by atoms with Crippen molar-refractivity contribution in [1.29, 1.82) is 0 Å². The Morgan fingerprint density at radius 2 is 1.68 bits per heavy atom. The summed E-state index contributed by atoms with van der Waals surface area (Å²) in [4.78, 5) is 29.0. The molecule has 2 aromatic heterocycles. The normalized spacial score (nSPS) is 11.6. The van der Waals surface area contributed by atoms with E-state index in [2.05, 4.69) is 44.9 Å². The van der Waals surface area contributed by atoms with E-state index in [9.17, 15) is 9.59 Å². The highest BCUT2D eigenvalue weighted by atomic mass is 32.2. The van der Waals surface area contributed by atoms with Gasteiger partial charge >= 0.3 is 6.03 Å². The first-order valence-electron chi connectivity index (χ1n) is 10.8. The Morgan fingerprint density at radius 1 is 0.971 bits per heavy atom. The summed E-state index contributed by atoms with van der Waals surface area (Å²) in [5, 5.41) is 13.5. The summed E-state index contributed by atoms with van der Waals surface area (Å²) >= 11 is 1.23. The topological polar surface area (TPSA) is 102 Å². The summed E-state index contributed by atoms with van der Waals surface area (Å²) in [5.41, 5.74) is 3.67. The van der Waals surface area contributed by atoms with Gasteiger partial charge in [0.15, 0.2) is 11.0 Å². The monoisotopic (exact) mass is 472 g/mol. The number of carbonyl (C=O) groups is 2. The molecule has 8 nitrogen and oxygen atoms in total. The minimum absolute atomic E-state index is 0.447. The van der Waals surface area contributed by atoms with Crippen molar-refractivity contribution in [2.24, 2.45) is 0 Å². The highest BCUT2D eigenvalue weighted by Crippen LogP contribution is 2.37. The maximum absolute atomic E-state index is 13.1. The summed E-state index contributed by atoms with van der Waals surface area (Å²) in [5.74, 6) is 0.185. The number of amides is 3. The quantitative estimate of drug-likeness (QED) is 0.391. The predicted octanol–water partition coefficient (Wildman–Crippen LogP) is 4.18. The first-order chi connectivity index (χ1) is 16.6. The molecule has 0 aliphatic heterocycles. The number of pyridine rings is 1. The number of hydrogen-bond acceptors (Lipinski definition) is 6. The van der Waals surface area contributed by atoms with Crippen molar-refractivity contribution >= 4 is 23.7 Å². The van der Waals surface area contributed by atoms with Gasteiger partial charge in [0, 0.05) is 30.7 Å². The minimum atomic E-state index is -0.721. The van der Waals surface area contributed by atoms with Gasteiger partial charge in [0.1, 0.15) is 5.25 Å². The molecular weight excluding hydrogens is 448 g/mol. The van der Waals surface area contributed by atoms with Crippen LogP contribution in [0.25, 0.3) is 17.1 Å². The summed E-state index contributed by atoms with van der Waals surface area (Å²) in [6.07, 6.45) is 4.33. The Bertz CT molecular complexity index is 1260. The van der Waals surface area contributed by atoms with Crippen LogP contribution in [0, 0.1) is 0 Å². The molecule has 0 saturated carbocycles. The van der Waals surface area contributed by atoms with E-state index in [4.69, 9.17) is 0 Å². The zero-order valence-corrected chi connectivity index (χ0v) is 19.6. The summed E-state index contributed by atoms with van der Waals surface area (Å²) in [6.45, 7) is 2.10. The maximum atomic E-state index is 13.1. The number of imide groups is 1. The van der Waals surface area contributed by atoms with E-state index >= 15 is 0 Å². The van der Waals surface area contributed by atoms with Gasteiger partial charge in [-0.25, -0.2) is 4.79 Å². The Kier molecular flexibility index (Phi) is 7.34. The second-order valence-corrected chi connectivity index (χ2v) is 8.45. The van der Waals surface area contributed by atoms with Gasteiger partial charge in [-0.3, -0.25) is 19.7 Å². The van der Waals surface area contributed by atoms with Crippen LogP contribution >= 0.6 is 11.8 Å². The summed E-state index contributed by atoms with van der Waals surface area (Å²) in [7, 11) is 1.46. The lowest BCUT2D eigenvalue weighted by molar-refractivity contribution is -0.119. The molecule has 172 valence electrons. The number of nitrogens with zero attached hydrogens (tertiary/aromatic N) is 4. The number of thioether (sulfide) groups is 1. The molecule has 0 saturated heterocycles. The Balaban J connectivity index is 1.79. The van der Waals surface area contributed by atoms with Crippen molar-refractivity contribution < 1.29 is 9.59 Å². The van der Waals surface area contributed by atoms with Gasteiger partial charge in [-0.05, 0) is 41.8 Å². The average molecular weight is 473 g/mol. The number of rotatable bonds is 7. The Morgan fingerprint density at radius 3 is 2.32 bits per heavy atom. The maximum Gasteiger partial charge on any atom is 0.321 e. The smallest absolute Gasteiger partial charge is 0.321 e. The lowest BCUT2D eigenvalue weighted by Crippen LogP contribution is -2.39. The molecule has 0 unspecified atom stereocenters. The van der Waals surface area contributed by atoms with Crippen molar-refractivity contribution in [1.82, 2.24) is 30.4 Å². The van der Waals surface area contributed by atoms with Gasteiger partial charge < -0.3 is 5.32 Å². The van der Waals surface area contributed by atoms with Gasteiger partial charge in [0.2, 0.25) is 5.91 Å². The van der Waals surface area contributed by atoms with Crippen molar-refractivity contribution in [2.45, 2.75) is 23.8 Å². The van der Waals surface area contributed by atoms with Crippen LogP contribution in [0.2, 0.25) is 0 Å². The summed E-state index contributed by atoms with van der Waals surface area (Å²) < 4.78 is 1.92. The van der Waals surface area contributed by atoms with Crippen LogP contribution in [0.4, 0.5) is 4.79 Å². The highest BCUT2D eigenvalue weighted by Gasteiger charge is 2.27. The number of aryl methyl sites for hydroxylation is 1. The fraction of sp³-hybridized carbons (Fsp3) is 0.160. The lowest BCUT2D eigenvalue weighted by atomic mass is 10.1. The van der Waals surface area contributed by atoms with Crippen LogP contribution in [0.3, 0.4) is 0 Å². The van der Waals surface area contributed by atoms with Gasteiger partial charge in [-0.1, -0.05) is 61.2 Å².